The summed E-state index contributed by atoms with van der Waals surface area (Å²) in [5.41, 5.74) is 0. The first-order valence-electron chi connectivity index (χ1n) is 7.17. The van der Waals surface area contributed by atoms with Crippen LogP contribution in [0.3, 0.4) is 0 Å². The van der Waals surface area contributed by atoms with Crippen LogP contribution >= 0.6 is 46.4 Å². The first-order valence-corrected chi connectivity index (χ1v) is 8.92. The summed E-state index contributed by atoms with van der Waals surface area (Å²) in [4.78, 5) is 27.0. The Bertz CT molecular complexity index is 382. The van der Waals surface area contributed by atoms with Crippen LogP contribution in [0.25, 0.3) is 0 Å². The number of rotatable bonds is 6. The van der Waals surface area contributed by atoms with E-state index in [0.717, 1.165) is 0 Å². The Hall–Kier alpha value is 0.1000. The summed E-state index contributed by atoms with van der Waals surface area (Å²) in [6.07, 6.45) is 0.859. The molecule has 0 aromatic rings. The molecule has 22 heavy (non-hydrogen) atoms. The number of nitrogens with zero attached hydrogens (tertiary/aromatic N) is 2. The average molecular weight is 392 g/mol. The molecule has 0 saturated carbocycles. The van der Waals surface area contributed by atoms with Crippen molar-refractivity contribution in [2.75, 3.05) is 14.1 Å². The molecule has 0 N–H and O–H groups in total. The van der Waals surface area contributed by atoms with Gasteiger partial charge in [0.25, 0.3) is 0 Å². The van der Waals surface area contributed by atoms with Crippen LogP contribution in [0.1, 0.15) is 26.7 Å². The maximum absolute atomic E-state index is 12.6. The predicted molar refractivity (Wildman–Crippen MR) is 91.7 cm³/mol. The third kappa shape index (κ3) is 4.56. The quantitative estimate of drug-likeness (QED) is 0.651. The molecule has 1 aliphatic heterocycles. The van der Waals surface area contributed by atoms with Crippen molar-refractivity contribution < 1.29 is 9.59 Å². The van der Waals surface area contributed by atoms with Crippen molar-refractivity contribution in [1.29, 1.82) is 0 Å². The highest BCUT2D eigenvalue weighted by Crippen LogP contribution is 2.29. The minimum absolute atomic E-state index is 0.0912. The molecule has 1 rings (SSSR count). The van der Waals surface area contributed by atoms with Gasteiger partial charge in [0, 0.05) is 14.1 Å². The number of piperazine rings is 1. The predicted octanol–water partition coefficient (Wildman–Crippen LogP) is 3.31. The number of carbonyl (C=O) groups is 2. The van der Waals surface area contributed by atoms with Gasteiger partial charge in [-0.15, -0.1) is 46.4 Å². The van der Waals surface area contributed by atoms with Crippen molar-refractivity contribution in [1.82, 2.24) is 9.80 Å². The van der Waals surface area contributed by atoms with Crippen LogP contribution in [0.4, 0.5) is 0 Å². The van der Waals surface area contributed by atoms with E-state index in [4.69, 9.17) is 46.4 Å². The van der Waals surface area contributed by atoms with E-state index in [0.29, 0.717) is 12.8 Å². The first kappa shape index (κ1) is 20.1. The Morgan fingerprint density at radius 1 is 0.818 bits per heavy atom. The van der Waals surface area contributed by atoms with Gasteiger partial charge in [-0.1, -0.05) is 13.8 Å². The van der Waals surface area contributed by atoms with Crippen LogP contribution in [0.2, 0.25) is 0 Å². The van der Waals surface area contributed by atoms with Crippen LogP contribution < -0.4 is 0 Å². The Labute approximate surface area is 152 Å². The topological polar surface area (TPSA) is 40.6 Å². The van der Waals surface area contributed by atoms with E-state index in [9.17, 15) is 9.59 Å². The van der Waals surface area contributed by atoms with Gasteiger partial charge in [0.2, 0.25) is 11.8 Å². The molecule has 0 unspecified atom stereocenters. The number of hydrogen-bond acceptors (Lipinski definition) is 2. The number of alkyl halides is 4. The molecule has 0 aromatic heterocycles. The third-order valence-corrected chi connectivity index (χ3v) is 5.97. The van der Waals surface area contributed by atoms with Gasteiger partial charge in [0.05, 0.1) is 0 Å². The van der Waals surface area contributed by atoms with Gasteiger partial charge >= 0.3 is 0 Å². The van der Waals surface area contributed by atoms with E-state index >= 15 is 0 Å². The largest absolute Gasteiger partial charge is 0.332 e. The second-order valence-electron chi connectivity index (χ2n) is 6.02. The summed E-state index contributed by atoms with van der Waals surface area (Å²) in [6, 6.07) is -1.08. The smallest absolute Gasteiger partial charge is 0.245 e. The molecule has 1 fully saturated rings. The number of amides is 2. The summed E-state index contributed by atoms with van der Waals surface area (Å²) in [6.45, 7) is 3.71. The minimum Gasteiger partial charge on any atom is -0.332 e. The van der Waals surface area contributed by atoms with Crippen LogP contribution in [-0.4, -0.2) is 57.5 Å². The Kier molecular flexibility index (Phi) is 7.58. The maximum atomic E-state index is 12.6. The van der Waals surface area contributed by atoms with Crippen molar-refractivity contribution >= 4 is 58.2 Å². The second-order valence-corrected chi connectivity index (χ2v) is 8.35. The van der Waals surface area contributed by atoms with Crippen molar-refractivity contribution in [3.63, 3.8) is 0 Å². The van der Waals surface area contributed by atoms with Gasteiger partial charge in [-0.05, 0) is 24.7 Å². The molecule has 0 radical (unpaired) electrons. The van der Waals surface area contributed by atoms with E-state index < -0.39 is 21.8 Å². The van der Waals surface area contributed by atoms with E-state index in [1.807, 2.05) is 13.8 Å². The molecule has 4 atom stereocenters. The molecule has 0 spiro atoms. The van der Waals surface area contributed by atoms with Gasteiger partial charge in [-0.3, -0.25) is 9.59 Å². The van der Waals surface area contributed by atoms with Gasteiger partial charge in [-0.25, -0.2) is 0 Å². The maximum Gasteiger partial charge on any atom is 0.245 e. The molecule has 0 bridgehead atoms. The van der Waals surface area contributed by atoms with Crippen LogP contribution in [-0.2, 0) is 9.59 Å². The van der Waals surface area contributed by atoms with E-state index in [2.05, 4.69) is 0 Å². The van der Waals surface area contributed by atoms with Crippen molar-refractivity contribution in [2.45, 2.75) is 48.4 Å². The number of hydrogen-bond donors (Lipinski definition) is 0. The average Bonchev–Trinajstić information content (AvgIpc) is 2.45. The zero-order valence-corrected chi connectivity index (χ0v) is 16.1. The van der Waals surface area contributed by atoms with Crippen LogP contribution in [0.5, 0.6) is 0 Å². The molecular weight excluding hydrogens is 370 g/mol. The molecule has 1 aliphatic rings. The molecule has 2 amide bonds. The fraction of sp³-hybridized carbons (Fsp3) is 0.857. The lowest BCUT2D eigenvalue weighted by Crippen LogP contribution is -2.63. The Balaban J connectivity index is 2.88. The highest BCUT2D eigenvalue weighted by atomic mass is 35.5. The van der Waals surface area contributed by atoms with Crippen molar-refractivity contribution in [3.8, 4) is 0 Å². The Morgan fingerprint density at radius 3 is 1.32 bits per heavy atom. The number of halogens is 4. The summed E-state index contributed by atoms with van der Waals surface area (Å²) in [5, 5.41) is 0. The normalized spacial score (nSPS) is 26.1. The number of carbonyl (C=O) groups excluding carboxylic acids is 2. The summed E-state index contributed by atoms with van der Waals surface area (Å²) in [7, 11) is 3.28. The molecule has 0 aliphatic carbocycles. The number of likely N-dealkylation sites (N-methyl/N-ethyl adjacent to an activating group) is 2. The summed E-state index contributed by atoms with van der Waals surface area (Å²) < 4.78 is 0. The monoisotopic (exact) mass is 390 g/mol. The summed E-state index contributed by atoms with van der Waals surface area (Å²) in [5.74, 6) is -0.403. The lowest BCUT2D eigenvalue weighted by atomic mass is 9.93. The molecule has 8 heteroatoms. The zero-order valence-electron chi connectivity index (χ0n) is 13.1. The van der Waals surface area contributed by atoms with Gasteiger partial charge < -0.3 is 9.80 Å². The second kappa shape index (κ2) is 8.27. The Morgan fingerprint density at radius 2 is 1.09 bits per heavy atom. The van der Waals surface area contributed by atoms with E-state index in [1.54, 1.807) is 14.1 Å². The van der Waals surface area contributed by atoms with Gasteiger partial charge in [0.15, 0.2) is 0 Å². The fourth-order valence-electron chi connectivity index (χ4n) is 2.54. The molecular formula is C14H22Cl4N2O2. The third-order valence-electron chi connectivity index (χ3n) is 4.25. The van der Waals surface area contributed by atoms with Gasteiger partial charge in [0.1, 0.15) is 21.8 Å². The highest BCUT2D eigenvalue weighted by Gasteiger charge is 2.43. The molecule has 1 heterocycles. The van der Waals surface area contributed by atoms with E-state index in [1.165, 1.54) is 9.80 Å². The van der Waals surface area contributed by atoms with Crippen molar-refractivity contribution in [2.24, 2.45) is 11.8 Å². The first-order chi connectivity index (χ1) is 10.1. The fourth-order valence-corrected chi connectivity index (χ4v) is 2.95. The summed E-state index contributed by atoms with van der Waals surface area (Å²) >= 11 is 23.4. The highest BCUT2D eigenvalue weighted by molar-refractivity contribution is 6.44. The van der Waals surface area contributed by atoms with Crippen LogP contribution in [0.15, 0.2) is 0 Å². The van der Waals surface area contributed by atoms with Crippen molar-refractivity contribution in [3.05, 3.63) is 0 Å². The lowest BCUT2D eigenvalue weighted by molar-refractivity contribution is -0.159. The van der Waals surface area contributed by atoms with E-state index in [-0.39, 0.29) is 23.7 Å². The molecule has 128 valence electrons. The molecule has 1 saturated heterocycles. The molecule has 0 aromatic carbocycles. The minimum atomic E-state index is -0.576. The SMILES string of the molecule is C[C@@H](C[C@H]1C(=O)N(C)[C@@H](C[C@H](C)C(Cl)Cl)C(=O)N1C)C(Cl)Cl. The zero-order chi connectivity index (χ0) is 17.2. The van der Waals surface area contributed by atoms with Crippen LogP contribution in [0, 0.1) is 11.8 Å². The lowest BCUT2D eigenvalue weighted by Gasteiger charge is -2.43. The van der Waals surface area contributed by atoms with Gasteiger partial charge in [-0.2, -0.15) is 0 Å². The standard InChI is InChI=1S/C14H22Cl4N2O2/c1-7(11(15)16)5-9-13(21)20(4)10(14(22)19(9)3)6-8(2)12(17)18/h7-12H,5-6H2,1-4H3/t7-,8-,9-,10-/m0/s1. The molecule has 4 nitrogen and oxygen atoms in total.